The Morgan fingerprint density at radius 3 is 0.710 bits per heavy atom. The van der Waals surface area contributed by atoms with Gasteiger partial charge in [0.25, 0.3) is 0 Å². The molecule has 17 nitrogen and oxygen atoms in total. The molecule has 3 unspecified atom stereocenters. The van der Waals surface area contributed by atoms with Crippen LogP contribution in [0.15, 0.2) is 0 Å². The highest BCUT2D eigenvalue weighted by Crippen LogP contribution is 2.45. The predicted molar refractivity (Wildman–Crippen MR) is 441 cm³/mol. The monoisotopic (exact) mass is 1560 g/mol. The lowest BCUT2D eigenvalue weighted by Crippen LogP contribution is -2.30. The maximum Gasteiger partial charge on any atom is 0.472 e. The van der Waals surface area contributed by atoms with Crippen LogP contribution in [0.1, 0.15) is 466 Å². The first-order valence-electron chi connectivity index (χ1n) is 45.4. The first-order valence-corrected chi connectivity index (χ1v) is 48.4. The largest absolute Gasteiger partial charge is 0.472 e. The summed E-state index contributed by atoms with van der Waals surface area (Å²) in [6.07, 6.45) is 69.6. The molecule has 3 N–H and O–H groups in total. The average Bonchev–Trinajstić information content (AvgIpc) is 0.902. The second-order valence-electron chi connectivity index (χ2n) is 32.8. The van der Waals surface area contributed by atoms with Crippen LogP contribution >= 0.6 is 15.6 Å². The van der Waals surface area contributed by atoms with Gasteiger partial charge in [-0.25, -0.2) is 9.13 Å². The van der Waals surface area contributed by atoms with Gasteiger partial charge in [-0.1, -0.05) is 414 Å². The van der Waals surface area contributed by atoms with Gasteiger partial charge in [0.05, 0.1) is 26.4 Å². The molecule has 0 aliphatic carbocycles. The number of esters is 4. The van der Waals surface area contributed by atoms with Crippen molar-refractivity contribution in [1.82, 2.24) is 0 Å². The van der Waals surface area contributed by atoms with E-state index >= 15 is 0 Å². The van der Waals surface area contributed by atoms with E-state index in [-0.39, 0.29) is 25.7 Å². The molecule has 6 atom stereocenters. The standard InChI is InChI=1S/C88H172O17P2/c1-8-10-11-12-13-14-15-16-17-18-19-20-21-22-23-26-33-38-43-48-57-64-71-87(92)104-83(75-98-85(90)69-62-55-47-42-37-32-27-24-25-30-35-40-45-52-59-66-79(3)4)77-102-106(94,95)100-73-82(89)74-101-107(96,97)103-78-84(76-99-86(91)70-63-56-51-50-54-61-68-81(7)9-2)105-88(93)72-65-58-49-44-39-34-29-28-31-36-41-46-53-60-67-80(5)6/h79-84,89H,8-78H2,1-7H3,(H,94,95)(H,96,97)/t81?,82-,83-,84-/m1/s1. The third-order valence-electron chi connectivity index (χ3n) is 21.0. The molecule has 0 saturated carbocycles. The molecule has 0 aromatic heterocycles. The van der Waals surface area contributed by atoms with Crippen LogP contribution in [0.3, 0.4) is 0 Å². The van der Waals surface area contributed by atoms with Gasteiger partial charge in [-0.15, -0.1) is 0 Å². The normalized spacial score (nSPS) is 14.1. The molecule has 0 bridgehead atoms. The Bertz CT molecular complexity index is 2060. The second kappa shape index (κ2) is 78.0. The summed E-state index contributed by atoms with van der Waals surface area (Å²) in [6, 6.07) is 0. The Kier molecular flexibility index (Phi) is 76.6. The first kappa shape index (κ1) is 105. The fourth-order valence-electron chi connectivity index (χ4n) is 13.7. The third-order valence-corrected chi connectivity index (χ3v) is 22.9. The van der Waals surface area contributed by atoms with Gasteiger partial charge >= 0.3 is 39.5 Å². The Balaban J connectivity index is 5.22. The third kappa shape index (κ3) is 80.5. The van der Waals surface area contributed by atoms with Crippen LogP contribution in [0, 0.1) is 17.8 Å². The molecule has 0 aromatic rings. The Morgan fingerprint density at radius 2 is 0.477 bits per heavy atom. The van der Waals surface area contributed by atoms with Crippen molar-refractivity contribution in [2.45, 2.75) is 484 Å². The van der Waals surface area contributed by atoms with Gasteiger partial charge < -0.3 is 33.8 Å². The molecule has 0 amide bonds. The number of hydrogen-bond acceptors (Lipinski definition) is 15. The van der Waals surface area contributed by atoms with Gasteiger partial charge in [0.15, 0.2) is 12.2 Å². The van der Waals surface area contributed by atoms with E-state index in [9.17, 15) is 43.2 Å². The van der Waals surface area contributed by atoms with Crippen molar-refractivity contribution in [2.24, 2.45) is 17.8 Å². The van der Waals surface area contributed by atoms with Gasteiger partial charge in [0, 0.05) is 25.7 Å². The Morgan fingerprint density at radius 1 is 0.271 bits per heavy atom. The summed E-state index contributed by atoms with van der Waals surface area (Å²) in [5, 5.41) is 10.7. The van der Waals surface area contributed by atoms with Crippen molar-refractivity contribution in [2.75, 3.05) is 39.6 Å². The molecule has 0 spiro atoms. The molecule has 107 heavy (non-hydrogen) atoms. The van der Waals surface area contributed by atoms with E-state index < -0.39 is 97.5 Å². The fourth-order valence-corrected chi connectivity index (χ4v) is 15.3. The van der Waals surface area contributed by atoms with E-state index in [1.54, 1.807) is 0 Å². The van der Waals surface area contributed by atoms with Crippen molar-refractivity contribution in [3.63, 3.8) is 0 Å². The minimum absolute atomic E-state index is 0.107. The zero-order valence-corrected chi connectivity index (χ0v) is 72.4. The summed E-state index contributed by atoms with van der Waals surface area (Å²) in [7, 11) is -9.93. The van der Waals surface area contributed by atoms with E-state index in [0.717, 1.165) is 114 Å². The van der Waals surface area contributed by atoms with Crippen LogP contribution in [0.4, 0.5) is 0 Å². The van der Waals surface area contributed by atoms with E-state index in [1.165, 1.54) is 270 Å². The second-order valence-corrected chi connectivity index (χ2v) is 35.7. The van der Waals surface area contributed by atoms with Crippen molar-refractivity contribution < 1.29 is 80.2 Å². The number of carbonyl (C=O) groups is 4. The highest BCUT2D eigenvalue weighted by atomic mass is 31.2. The maximum atomic E-state index is 13.2. The summed E-state index contributed by atoms with van der Waals surface area (Å²) < 4.78 is 68.9. The SMILES string of the molecule is CCCCCCCCCCCCCCCCCCCCCCCCC(=O)O[C@H](COC(=O)CCCCCCCCCCCCCCCCCC(C)C)COP(=O)(O)OC[C@@H](O)COP(=O)(O)OC[C@@H](COC(=O)CCCCCCCCC(C)CC)OC(=O)CCCCCCCCCCCCCCCCC(C)C. The first-order chi connectivity index (χ1) is 51.8. The zero-order valence-electron chi connectivity index (χ0n) is 70.6. The lowest BCUT2D eigenvalue weighted by atomic mass is 10.00. The number of unbranched alkanes of at least 4 members (excludes halogenated alkanes) is 53. The summed E-state index contributed by atoms with van der Waals surface area (Å²) >= 11 is 0. The average molecular weight is 1560 g/mol. The highest BCUT2D eigenvalue weighted by Gasteiger charge is 2.31. The smallest absolute Gasteiger partial charge is 0.462 e. The van der Waals surface area contributed by atoms with Crippen molar-refractivity contribution in [1.29, 1.82) is 0 Å². The molecule has 0 fully saturated rings. The van der Waals surface area contributed by atoms with Crippen molar-refractivity contribution in [3.05, 3.63) is 0 Å². The molecule has 0 heterocycles. The Hall–Kier alpha value is -1.94. The number of phosphoric acid groups is 2. The predicted octanol–water partition coefficient (Wildman–Crippen LogP) is 26.9. The van der Waals surface area contributed by atoms with Gasteiger partial charge in [-0.05, 0) is 43.4 Å². The number of aliphatic hydroxyl groups excluding tert-OH is 1. The maximum absolute atomic E-state index is 13.2. The van der Waals surface area contributed by atoms with Crippen LogP contribution in [0.25, 0.3) is 0 Å². The number of carbonyl (C=O) groups excluding carboxylic acids is 4. The number of hydrogen-bond donors (Lipinski definition) is 3. The molecule has 19 heteroatoms. The van der Waals surface area contributed by atoms with Crippen molar-refractivity contribution >= 4 is 39.5 Å². The highest BCUT2D eigenvalue weighted by molar-refractivity contribution is 7.47. The topological polar surface area (TPSA) is 237 Å². The lowest BCUT2D eigenvalue weighted by molar-refractivity contribution is -0.161. The van der Waals surface area contributed by atoms with Gasteiger partial charge in [-0.3, -0.25) is 37.3 Å². The van der Waals surface area contributed by atoms with Gasteiger partial charge in [0.2, 0.25) is 0 Å². The van der Waals surface area contributed by atoms with Crippen LogP contribution < -0.4 is 0 Å². The minimum Gasteiger partial charge on any atom is -0.462 e. The van der Waals surface area contributed by atoms with Gasteiger partial charge in [0.1, 0.15) is 19.3 Å². The van der Waals surface area contributed by atoms with E-state index in [0.29, 0.717) is 25.7 Å². The van der Waals surface area contributed by atoms with E-state index in [2.05, 4.69) is 48.5 Å². The Labute approximate surface area is 658 Å². The summed E-state index contributed by atoms with van der Waals surface area (Å²) in [5.74, 6) is 0.228. The number of aliphatic hydroxyl groups is 1. The van der Waals surface area contributed by atoms with Crippen LogP contribution in [-0.2, 0) is 65.4 Å². The summed E-state index contributed by atoms with van der Waals surface area (Å²) in [4.78, 5) is 73.3. The van der Waals surface area contributed by atoms with E-state index in [4.69, 9.17) is 37.0 Å². The van der Waals surface area contributed by atoms with E-state index in [1.807, 2.05) is 0 Å². The van der Waals surface area contributed by atoms with Crippen molar-refractivity contribution in [3.8, 4) is 0 Å². The number of rotatable bonds is 86. The summed E-state index contributed by atoms with van der Waals surface area (Å²) in [5.41, 5.74) is 0. The van der Waals surface area contributed by atoms with Crippen LogP contribution in [0.2, 0.25) is 0 Å². The number of phosphoric ester groups is 2. The fraction of sp³-hybridized carbons (Fsp3) is 0.955. The van der Waals surface area contributed by atoms with Gasteiger partial charge in [-0.2, -0.15) is 0 Å². The molecule has 636 valence electrons. The van der Waals surface area contributed by atoms with Crippen LogP contribution in [-0.4, -0.2) is 96.7 Å². The number of ether oxygens (including phenoxy) is 4. The molecule has 0 saturated heterocycles. The molecule has 0 aliphatic rings. The zero-order chi connectivity index (χ0) is 78.6. The quantitative estimate of drug-likeness (QED) is 0.0222. The summed E-state index contributed by atoms with van der Waals surface area (Å²) in [6.45, 7) is 12.0. The minimum atomic E-state index is -4.97. The molecule has 0 rings (SSSR count). The lowest BCUT2D eigenvalue weighted by Gasteiger charge is -2.21. The molecular formula is C88H172O17P2. The van der Waals surface area contributed by atoms with Crippen LogP contribution in [0.5, 0.6) is 0 Å². The molecular weight excluding hydrogens is 1390 g/mol. The molecule has 0 aromatic carbocycles. The molecule has 0 radical (unpaired) electrons. The molecule has 0 aliphatic heterocycles.